The Morgan fingerprint density at radius 2 is 2.00 bits per heavy atom. The molecule has 2 aliphatic carbocycles. The van der Waals surface area contributed by atoms with E-state index in [1.165, 1.54) is 0 Å². The molecule has 3 rings (SSSR count). The molecule has 2 N–H and O–H groups in total. The zero-order chi connectivity index (χ0) is 13.9. The highest BCUT2D eigenvalue weighted by atomic mass is 16.6. The largest absolute Gasteiger partial charge is 0.461 e. The summed E-state index contributed by atoms with van der Waals surface area (Å²) in [7, 11) is 0. The molecule has 0 aromatic heterocycles. The third kappa shape index (κ3) is 1.69. The lowest BCUT2D eigenvalue weighted by molar-refractivity contribution is -0.184. The van der Waals surface area contributed by atoms with E-state index in [0.717, 1.165) is 12.8 Å². The molecule has 0 aromatic carbocycles. The van der Waals surface area contributed by atoms with E-state index >= 15 is 0 Å². The lowest BCUT2D eigenvalue weighted by atomic mass is 9.51. The van der Waals surface area contributed by atoms with Crippen LogP contribution in [-0.2, 0) is 9.53 Å². The minimum absolute atomic E-state index is 0.0684. The van der Waals surface area contributed by atoms with Crippen molar-refractivity contribution in [3.63, 3.8) is 0 Å². The molecule has 3 fully saturated rings. The molecule has 3 aliphatic rings. The molecule has 0 unspecified atom stereocenters. The zero-order valence-corrected chi connectivity index (χ0v) is 11.9. The summed E-state index contributed by atoms with van der Waals surface area (Å²) >= 11 is 0. The van der Waals surface area contributed by atoms with Crippen LogP contribution in [0.1, 0.15) is 40.0 Å². The van der Waals surface area contributed by atoms with E-state index in [2.05, 4.69) is 6.92 Å². The Bertz CT molecular complexity index is 396. The summed E-state index contributed by atoms with van der Waals surface area (Å²) in [6.45, 7) is 6.02. The van der Waals surface area contributed by atoms with Gasteiger partial charge in [-0.05, 0) is 25.2 Å². The van der Waals surface area contributed by atoms with Gasteiger partial charge in [-0.1, -0.05) is 20.8 Å². The Morgan fingerprint density at radius 1 is 1.32 bits per heavy atom. The number of rotatable bonds is 0. The van der Waals surface area contributed by atoms with Gasteiger partial charge >= 0.3 is 5.97 Å². The number of carbonyl (C=O) groups excluding carboxylic acids is 1. The minimum atomic E-state index is -0.398. The van der Waals surface area contributed by atoms with E-state index in [0.29, 0.717) is 6.42 Å². The number of ether oxygens (including phenoxy) is 1. The molecule has 2 saturated carbocycles. The van der Waals surface area contributed by atoms with Gasteiger partial charge in [0.2, 0.25) is 0 Å². The van der Waals surface area contributed by atoms with E-state index in [4.69, 9.17) is 4.74 Å². The highest BCUT2D eigenvalue weighted by Crippen LogP contribution is 2.57. The van der Waals surface area contributed by atoms with Crippen molar-refractivity contribution in [3.8, 4) is 0 Å². The number of fused-ring (bicyclic) bond motifs is 3. The summed E-state index contributed by atoms with van der Waals surface area (Å²) in [6.07, 6.45) is 1.31. The van der Waals surface area contributed by atoms with Crippen molar-refractivity contribution in [1.82, 2.24) is 0 Å². The summed E-state index contributed by atoms with van der Waals surface area (Å²) in [5.41, 5.74) is -0.232. The molecule has 1 aliphatic heterocycles. The standard InChI is InChI=1S/C15H24O4/c1-7-9-6-11(17)15(3)5-4-10(16)8(2)12(15)13(9)19-14(7)18/h7-13,16-17H,4-6H2,1-3H3/t7-,8+,9-,10-,11-,12+,13-,15+/m0/s1. The highest BCUT2D eigenvalue weighted by molar-refractivity contribution is 5.75. The average Bonchev–Trinajstić information content (AvgIpc) is 2.63. The predicted octanol–water partition coefficient (Wildman–Crippen LogP) is 1.34. The van der Waals surface area contributed by atoms with Crippen LogP contribution in [0.15, 0.2) is 0 Å². The van der Waals surface area contributed by atoms with Gasteiger partial charge in [0.05, 0.1) is 18.1 Å². The van der Waals surface area contributed by atoms with Crippen LogP contribution < -0.4 is 0 Å². The normalized spacial score (nSPS) is 57.3. The number of hydrogen-bond donors (Lipinski definition) is 2. The summed E-state index contributed by atoms with van der Waals surface area (Å²) < 4.78 is 5.62. The van der Waals surface area contributed by atoms with Gasteiger partial charge in [0.25, 0.3) is 0 Å². The summed E-state index contributed by atoms with van der Waals surface area (Å²) in [5, 5.41) is 20.7. The first kappa shape index (κ1) is 13.4. The van der Waals surface area contributed by atoms with E-state index in [1.807, 2.05) is 13.8 Å². The van der Waals surface area contributed by atoms with Crippen LogP contribution in [0.3, 0.4) is 0 Å². The van der Waals surface area contributed by atoms with Crippen molar-refractivity contribution in [2.24, 2.45) is 29.1 Å². The molecule has 4 nitrogen and oxygen atoms in total. The number of aliphatic hydroxyl groups is 2. The molecule has 8 atom stereocenters. The summed E-state index contributed by atoms with van der Waals surface area (Å²) in [5.74, 6) is -0.0271. The molecule has 0 spiro atoms. The molecule has 0 bridgehead atoms. The molecule has 19 heavy (non-hydrogen) atoms. The van der Waals surface area contributed by atoms with Crippen molar-refractivity contribution in [3.05, 3.63) is 0 Å². The highest BCUT2D eigenvalue weighted by Gasteiger charge is 2.61. The number of esters is 1. The molecule has 0 amide bonds. The third-order valence-corrected chi connectivity index (χ3v) is 6.21. The monoisotopic (exact) mass is 268 g/mol. The fourth-order valence-electron chi connectivity index (χ4n) is 4.78. The smallest absolute Gasteiger partial charge is 0.309 e. The molecule has 108 valence electrons. The lowest BCUT2D eigenvalue weighted by Crippen LogP contribution is -2.59. The first-order valence-electron chi connectivity index (χ1n) is 7.43. The third-order valence-electron chi connectivity index (χ3n) is 6.21. The summed E-state index contributed by atoms with van der Waals surface area (Å²) in [6, 6.07) is 0. The molecular weight excluding hydrogens is 244 g/mol. The Hall–Kier alpha value is -0.610. The van der Waals surface area contributed by atoms with Crippen molar-refractivity contribution in [2.45, 2.75) is 58.3 Å². The maximum atomic E-state index is 11.8. The van der Waals surface area contributed by atoms with E-state index in [-0.39, 0.29) is 47.3 Å². The van der Waals surface area contributed by atoms with Crippen molar-refractivity contribution in [1.29, 1.82) is 0 Å². The van der Waals surface area contributed by atoms with Gasteiger partial charge < -0.3 is 14.9 Å². The van der Waals surface area contributed by atoms with Crippen LogP contribution in [0.2, 0.25) is 0 Å². The maximum absolute atomic E-state index is 11.8. The Labute approximate surface area is 114 Å². The fraction of sp³-hybridized carbons (Fsp3) is 0.933. The van der Waals surface area contributed by atoms with Crippen LogP contribution in [0.25, 0.3) is 0 Å². The average molecular weight is 268 g/mol. The van der Waals surface area contributed by atoms with Gasteiger partial charge in [-0.15, -0.1) is 0 Å². The van der Waals surface area contributed by atoms with Crippen LogP contribution >= 0.6 is 0 Å². The first-order chi connectivity index (χ1) is 8.86. The van der Waals surface area contributed by atoms with Crippen molar-refractivity contribution < 1.29 is 19.7 Å². The van der Waals surface area contributed by atoms with Crippen LogP contribution in [0.5, 0.6) is 0 Å². The lowest BCUT2D eigenvalue weighted by Gasteiger charge is -2.56. The van der Waals surface area contributed by atoms with Crippen LogP contribution in [0, 0.1) is 29.1 Å². The van der Waals surface area contributed by atoms with Gasteiger partial charge in [0.1, 0.15) is 6.10 Å². The second kappa shape index (κ2) is 4.19. The topological polar surface area (TPSA) is 66.8 Å². The van der Waals surface area contributed by atoms with Gasteiger partial charge in [-0.2, -0.15) is 0 Å². The fourth-order valence-corrected chi connectivity index (χ4v) is 4.78. The molecule has 1 saturated heterocycles. The SMILES string of the molecule is C[C@H]1[C@@H]2[C@H]3OC(=O)[C@@H](C)[C@@H]3C[C@H](O)[C@@]2(C)CC[C@@H]1O. The quantitative estimate of drug-likeness (QED) is 0.651. The minimum Gasteiger partial charge on any atom is -0.461 e. The maximum Gasteiger partial charge on any atom is 0.309 e. The zero-order valence-electron chi connectivity index (χ0n) is 11.9. The van der Waals surface area contributed by atoms with Crippen molar-refractivity contribution >= 4 is 5.97 Å². The number of aliphatic hydroxyl groups excluding tert-OH is 2. The second-order valence-corrected chi connectivity index (χ2v) is 7.10. The molecule has 4 heteroatoms. The second-order valence-electron chi connectivity index (χ2n) is 7.10. The Balaban J connectivity index is 1.99. The van der Waals surface area contributed by atoms with Gasteiger partial charge in [-0.25, -0.2) is 0 Å². The number of hydrogen-bond acceptors (Lipinski definition) is 4. The van der Waals surface area contributed by atoms with Crippen LogP contribution in [-0.4, -0.2) is 34.5 Å². The molecule has 0 radical (unpaired) electrons. The molecule has 1 heterocycles. The Morgan fingerprint density at radius 3 is 2.68 bits per heavy atom. The van der Waals surface area contributed by atoms with E-state index in [9.17, 15) is 15.0 Å². The van der Waals surface area contributed by atoms with Crippen LogP contribution in [0.4, 0.5) is 0 Å². The Kier molecular flexibility index (Phi) is 2.95. The van der Waals surface area contributed by atoms with E-state index in [1.54, 1.807) is 0 Å². The first-order valence-corrected chi connectivity index (χ1v) is 7.43. The predicted molar refractivity (Wildman–Crippen MR) is 69.2 cm³/mol. The molecule has 0 aromatic rings. The molecular formula is C15H24O4. The van der Waals surface area contributed by atoms with Crippen molar-refractivity contribution in [2.75, 3.05) is 0 Å². The van der Waals surface area contributed by atoms with Gasteiger partial charge in [0.15, 0.2) is 0 Å². The van der Waals surface area contributed by atoms with Gasteiger partial charge in [0, 0.05) is 17.3 Å². The summed E-state index contributed by atoms with van der Waals surface area (Å²) in [4.78, 5) is 11.8. The van der Waals surface area contributed by atoms with Gasteiger partial charge in [-0.3, -0.25) is 4.79 Å². The number of carbonyl (C=O) groups is 1. The van der Waals surface area contributed by atoms with E-state index < -0.39 is 6.10 Å².